The molecule has 0 aliphatic carbocycles. The van der Waals surface area contributed by atoms with Gasteiger partial charge in [-0.2, -0.15) is 0 Å². The minimum absolute atomic E-state index is 0.689. The number of likely N-dealkylation sites (N-methyl/N-ethyl adjacent to an activating group) is 2. The summed E-state index contributed by atoms with van der Waals surface area (Å²) >= 11 is 0. The van der Waals surface area contributed by atoms with Gasteiger partial charge in [-0.3, -0.25) is 4.90 Å². The van der Waals surface area contributed by atoms with Crippen LogP contribution in [0.25, 0.3) is 0 Å². The highest BCUT2D eigenvalue weighted by atomic mass is 16.5. The maximum atomic E-state index is 5.41. The van der Waals surface area contributed by atoms with Gasteiger partial charge in [0.2, 0.25) is 0 Å². The number of aromatic nitrogens is 1. The summed E-state index contributed by atoms with van der Waals surface area (Å²) in [7, 11) is 4.38. The quantitative estimate of drug-likeness (QED) is 0.734. The van der Waals surface area contributed by atoms with Crippen LogP contribution in [0.15, 0.2) is 10.6 Å². The van der Waals surface area contributed by atoms with Crippen LogP contribution in [0.5, 0.6) is 0 Å². The summed E-state index contributed by atoms with van der Waals surface area (Å²) in [5.41, 5.74) is 1.000. The number of rotatable bonds is 8. The molecule has 1 N–H and O–H groups in total. The standard InChI is InChI=1S/C15H28N4O/c1-4-7-16-10-13-9-15(20-17-13)12-18(2)11-14-6-5-8-19(14)3/h9,14,16H,4-8,10-12H2,1-3H3. The Morgan fingerprint density at radius 3 is 3.10 bits per heavy atom. The molecular formula is C15H28N4O. The van der Waals surface area contributed by atoms with Crippen LogP contribution in [0.4, 0.5) is 0 Å². The van der Waals surface area contributed by atoms with Gasteiger partial charge in [-0.05, 0) is 46.4 Å². The van der Waals surface area contributed by atoms with Gasteiger partial charge < -0.3 is 14.7 Å². The Morgan fingerprint density at radius 2 is 2.40 bits per heavy atom. The lowest BCUT2D eigenvalue weighted by molar-refractivity contribution is 0.200. The highest BCUT2D eigenvalue weighted by Crippen LogP contribution is 2.16. The van der Waals surface area contributed by atoms with E-state index in [2.05, 4.69) is 47.4 Å². The molecule has 0 bridgehead atoms. The Balaban J connectivity index is 1.74. The van der Waals surface area contributed by atoms with Gasteiger partial charge in [0.15, 0.2) is 5.76 Å². The molecule has 1 saturated heterocycles. The van der Waals surface area contributed by atoms with Gasteiger partial charge >= 0.3 is 0 Å². The van der Waals surface area contributed by atoms with Crippen molar-refractivity contribution in [3.63, 3.8) is 0 Å². The molecule has 20 heavy (non-hydrogen) atoms. The van der Waals surface area contributed by atoms with Crippen LogP contribution in [-0.2, 0) is 13.1 Å². The first-order valence-corrected chi connectivity index (χ1v) is 7.73. The number of nitrogens with zero attached hydrogens (tertiary/aromatic N) is 3. The third-order valence-electron chi connectivity index (χ3n) is 3.96. The van der Waals surface area contributed by atoms with Gasteiger partial charge in [-0.1, -0.05) is 12.1 Å². The van der Waals surface area contributed by atoms with Gasteiger partial charge in [-0.15, -0.1) is 0 Å². The maximum absolute atomic E-state index is 5.41. The van der Waals surface area contributed by atoms with Crippen molar-refractivity contribution in [1.82, 2.24) is 20.3 Å². The monoisotopic (exact) mass is 280 g/mol. The lowest BCUT2D eigenvalue weighted by Crippen LogP contribution is -2.36. The number of hydrogen-bond donors (Lipinski definition) is 1. The van der Waals surface area contributed by atoms with E-state index in [0.717, 1.165) is 44.1 Å². The Hall–Kier alpha value is -0.910. The predicted octanol–water partition coefficient (Wildman–Crippen LogP) is 1.70. The molecule has 0 aromatic carbocycles. The Kier molecular flexibility index (Phi) is 6.01. The highest BCUT2D eigenvalue weighted by molar-refractivity contribution is 5.05. The summed E-state index contributed by atoms with van der Waals surface area (Å²) < 4.78 is 5.41. The predicted molar refractivity (Wildman–Crippen MR) is 80.5 cm³/mol. The van der Waals surface area contributed by atoms with Gasteiger partial charge in [0, 0.05) is 25.2 Å². The Labute approximate surface area is 122 Å². The summed E-state index contributed by atoms with van der Waals surface area (Å²) in [5.74, 6) is 0.960. The van der Waals surface area contributed by atoms with E-state index in [9.17, 15) is 0 Å². The topological polar surface area (TPSA) is 44.5 Å². The summed E-state index contributed by atoms with van der Waals surface area (Å²) in [6.45, 7) is 7.15. The second-order valence-electron chi connectivity index (χ2n) is 5.93. The normalized spacial score (nSPS) is 20.1. The van der Waals surface area contributed by atoms with Crippen LogP contribution in [0.2, 0.25) is 0 Å². The Morgan fingerprint density at radius 1 is 1.55 bits per heavy atom. The molecule has 1 aliphatic heterocycles. The van der Waals surface area contributed by atoms with Crippen LogP contribution in [0.1, 0.15) is 37.6 Å². The molecule has 0 spiro atoms. The van der Waals surface area contributed by atoms with Crippen LogP contribution in [0, 0.1) is 0 Å². The maximum Gasteiger partial charge on any atom is 0.151 e. The molecular weight excluding hydrogens is 252 g/mol. The fourth-order valence-electron chi connectivity index (χ4n) is 2.81. The van der Waals surface area contributed by atoms with Gasteiger partial charge in [-0.25, -0.2) is 0 Å². The van der Waals surface area contributed by atoms with Gasteiger partial charge in [0.25, 0.3) is 0 Å². The van der Waals surface area contributed by atoms with Crippen molar-refractivity contribution in [2.24, 2.45) is 0 Å². The van der Waals surface area contributed by atoms with E-state index < -0.39 is 0 Å². The lowest BCUT2D eigenvalue weighted by Gasteiger charge is -2.24. The van der Waals surface area contributed by atoms with Crippen LogP contribution in [-0.4, -0.2) is 54.7 Å². The zero-order valence-electron chi connectivity index (χ0n) is 13.1. The Bertz CT molecular complexity index is 393. The zero-order chi connectivity index (χ0) is 14.4. The van der Waals surface area contributed by atoms with Crippen molar-refractivity contribution in [3.05, 3.63) is 17.5 Å². The van der Waals surface area contributed by atoms with Crippen molar-refractivity contribution in [2.75, 3.05) is 33.7 Å². The SMILES string of the molecule is CCCNCc1cc(CN(C)CC2CCCN2C)on1. The first-order valence-electron chi connectivity index (χ1n) is 7.73. The minimum Gasteiger partial charge on any atom is -0.360 e. The van der Waals surface area contributed by atoms with E-state index in [1.165, 1.54) is 19.4 Å². The van der Waals surface area contributed by atoms with E-state index in [0.29, 0.717) is 6.04 Å². The average Bonchev–Trinajstić information content (AvgIpc) is 3.00. The molecule has 1 aliphatic rings. The largest absolute Gasteiger partial charge is 0.360 e. The fourth-order valence-corrected chi connectivity index (χ4v) is 2.81. The van der Waals surface area contributed by atoms with Crippen LogP contribution >= 0.6 is 0 Å². The zero-order valence-corrected chi connectivity index (χ0v) is 13.1. The third-order valence-corrected chi connectivity index (χ3v) is 3.96. The third kappa shape index (κ3) is 4.58. The molecule has 2 rings (SSSR count). The smallest absolute Gasteiger partial charge is 0.151 e. The average molecular weight is 280 g/mol. The van der Waals surface area contributed by atoms with E-state index in [-0.39, 0.29) is 0 Å². The van der Waals surface area contributed by atoms with E-state index in [1.807, 2.05) is 0 Å². The van der Waals surface area contributed by atoms with Gasteiger partial charge in [0.1, 0.15) is 0 Å². The second-order valence-corrected chi connectivity index (χ2v) is 5.93. The number of nitrogens with one attached hydrogen (secondary N) is 1. The molecule has 1 aromatic heterocycles. The van der Waals surface area contributed by atoms with E-state index >= 15 is 0 Å². The van der Waals surface area contributed by atoms with Crippen LogP contribution in [0.3, 0.4) is 0 Å². The summed E-state index contributed by atoms with van der Waals surface area (Å²) in [5, 5.41) is 7.45. The van der Waals surface area contributed by atoms with Crippen molar-refractivity contribution >= 4 is 0 Å². The molecule has 0 radical (unpaired) electrons. The molecule has 114 valence electrons. The molecule has 0 amide bonds. The molecule has 5 heteroatoms. The summed E-state index contributed by atoms with van der Waals surface area (Å²) in [4.78, 5) is 4.78. The van der Waals surface area contributed by atoms with Crippen molar-refractivity contribution < 1.29 is 4.52 Å². The molecule has 1 aromatic rings. The number of hydrogen-bond acceptors (Lipinski definition) is 5. The fraction of sp³-hybridized carbons (Fsp3) is 0.800. The van der Waals surface area contributed by atoms with Gasteiger partial charge in [0.05, 0.1) is 12.2 Å². The molecule has 1 unspecified atom stereocenters. The minimum atomic E-state index is 0.689. The van der Waals surface area contributed by atoms with Crippen LogP contribution < -0.4 is 5.32 Å². The van der Waals surface area contributed by atoms with E-state index in [4.69, 9.17) is 4.52 Å². The molecule has 5 nitrogen and oxygen atoms in total. The second kappa shape index (κ2) is 7.76. The molecule has 0 saturated carbocycles. The summed E-state index contributed by atoms with van der Waals surface area (Å²) in [6.07, 6.45) is 3.77. The van der Waals surface area contributed by atoms with Crippen molar-refractivity contribution in [1.29, 1.82) is 0 Å². The van der Waals surface area contributed by atoms with Crippen molar-refractivity contribution in [3.8, 4) is 0 Å². The van der Waals surface area contributed by atoms with Crippen molar-refractivity contribution in [2.45, 2.75) is 45.3 Å². The molecule has 1 atom stereocenters. The summed E-state index contributed by atoms with van der Waals surface area (Å²) in [6, 6.07) is 2.76. The highest BCUT2D eigenvalue weighted by Gasteiger charge is 2.22. The number of likely N-dealkylation sites (tertiary alicyclic amines) is 1. The first-order chi connectivity index (χ1) is 9.69. The molecule has 2 heterocycles. The lowest BCUT2D eigenvalue weighted by atomic mass is 10.2. The molecule has 1 fully saturated rings. The van der Waals surface area contributed by atoms with E-state index in [1.54, 1.807) is 0 Å². The first kappa shape index (κ1) is 15.5.